The number of H-pyrrole nitrogens is 1. The number of carbonyl (C=O) groups excluding carboxylic acids is 1. The van der Waals surface area contributed by atoms with Crippen LogP contribution in [0.5, 0.6) is 0 Å². The molecule has 25 heavy (non-hydrogen) atoms. The molecule has 0 spiro atoms. The van der Waals surface area contributed by atoms with E-state index in [-0.39, 0.29) is 18.7 Å². The summed E-state index contributed by atoms with van der Waals surface area (Å²) in [6.45, 7) is 0.0195. The lowest BCUT2D eigenvalue weighted by Crippen LogP contribution is -2.31. The molecule has 0 unspecified atom stereocenters. The van der Waals surface area contributed by atoms with E-state index in [1.54, 1.807) is 24.3 Å². The van der Waals surface area contributed by atoms with Crippen LogP contribution in [0, 0.1) is 11.6 Å². The Hall–Kier alpha value is -3.29. The van der Waals surface area contributed by atoms with E-state index >= 15 is 0 Å². The van der Waals surface area contributed by atoms with Gasteiger partial charge in [0.25, 0.3) is 5.56 Å². The summed E-state index contributed by atoms with van der Waals surface area (Å²) in [5.74, 6) is -2.56. The Bertz CT molecular complexity index is 1070. The third kappa shape index (κ3) is 3.47. The van der Waals surface area contributed by atoms with Gasteiger partial charge < -0.3 is 5.32 Å². The van der Waals surface area contributed by atoms with Crippen molar-refractivity contribution in [2.24, 2.45) is 0 Å². The second-order valence-electron chi connectivity index (χ2n) is 5.36. The highest BCUT2D eigenvalue weighted by Gasteiger charge is 2.10. The molecule has 3 rings (SSSR count). The van der Waals surface area contributed by atoms with E-state index in [0.29, 0.717) is 10.9 Å². The summed E-state index contributed by atoms with van der Waals surface area (Å²) in [5.41, 5.74) is -0.591. The van der Waals surface area contributed by atoms with Crippen LogP contribution in [0.4, 0.5) is 14.5 Å². The highest BCUT2D eigenvalue weighted by atomic mass is 19.2. The normalized spacial score (nSPS) is 10.8. The number of para-hydroxylation sites is 1. The largest absolute Gasteiger partial charge is 0.328 e. The number of hydrogen-bond acceptors (Lipinski definition) is 3. The van der Waals surface area contributed by atoms with Crippen LogP contribution in [-0.4, -0.2) is 15.5 Å². The second kappa shape index (κ2) is 6.68. The van der Waals surface area contributed by atoms with Crippen molar-refractivity contribution in [3.8, 4) is 0 Å². The van der Waals surface area contributed by atoms with Crippen LogP contribution in [0.1, 0.15) is 6.42 Å². The Balaban J connectivity index is 1.78. The molecule has 0 aliphatic rings. The first-order valence-electron chi connectivity index (χ1n) is 7.42. The molecule has 0 atom stereocenters. The molecule has 0 fully saturated rings. The maximum absolute atomic E-state index is 13.1. The van der Waals surface area contributed by atoms with Crippen molar-refractivity contribution < 1.29 is 13.6 Å². The summed E-state index contributed by atoms with van der Waals surface area (Å²) in [4.78, 5) is 37.9. The predicted octanol–water partition coefficient (Wildman–Crippen LogP) is 2.00. The molecule has 1 aromatic heterocycles. The first kappa shape index (κ1) is 16.6. The van der Waals surface area contributed by atoms with E-state index in [0.717, 1.165) is 12.1 Å². The molecule has 1 amide bonds. The molecule has 0 bridgehead atoms. The summed E-state index contributed by atoms with van der Waals surface area (Å²) in [6, 6.07) is 9.55. The molecule has 8 heteroatoms. The molecule has 2 aromatic carbocycles. The zero-order valence-electron chi connectivity index (χ0n) is 12.9. The van der Waals surface area contributed by atoms with Gasteiger partial charge in [-0.3, -0.25) is 19.1 Å². The zero-order chi connectivity index (χ0) is 18.0. The number of aromatic nitrogens is 2. The van der Waals surface area contributed by atoms with E-state index < -0.39 is 28.8 Å². The number of hydrogen-bond donors (Lipinski definition) is 2. The molecule has 3 aromatic rings. The number of nitrogens with zero attached hydrogens (tertiary/aromatic N) is 1. The molecule has 0 aliphatic carbocycles. The lowest BCUT2D eigenvalue weighted by Gasteiger charge is -2.10. The van der Waals surface area contributed by atoms with Crippen molar-refractivity contribution in [1.82, 2.24) is 9.55 Å². The summed E-state index contributed by atoms with van der Waals surface area (Å²) in [7, 11) is 0. The Labute approximate surface area is 139 Å². The lowest BCUT2D eigenvalue weighted by molar-refractivity contribution is -0.116. The molecular weight excluding hydrogens is 332 g/mol. The van der Waals surface area contributed by atoms with Gasteiger partial charge >= 0.3 is 5.69 Å². The summed E-state index contributed by atoms with van der Waals surface area (Å²) < 4.78 is 27.3. The quantitative estimate of drug-likeness (QED) is 0.758. The smallest absolute Gasteiger partial charge is 0.326 e. The standard InChI is InChI=1S/C17H13F2N3O3/c18-12-6-5-10(9-13(12)19)20-15(23)7-8-22-14-4-2-1-3-11(14)16(24)21-17(22)25/h1-6,9H,7-8H2,(H,20,23)(H,21,24,25). The second-order valence-corrected chi connectivity index (χ2v) is 5.36. The van der Waals surface area contributed by atoms with Gasteiger partial charge in [-0.15, -0.1) is 0 Å². The minimum Gasteiger partial charge on any atom is -0.326 e. The number of nitrogens with one attached hydrogen (secondary N) is 2. The van der Waals surface area contributed by atoms with Crippen molar-refractivity contribution >= 4 is 22.5 Å². The van der Waals surface area contributed by atoms with Gasteiger partial charge in [0.15, 0.2) is 11.6 Å². The monoisotopic (exact) mass is 345 g/mol. The van der Waals surface area contributed by atoms with Crippen LogP contribution in [0.3, 0.4) is 0 Å². The summed E-state index contributed by atoms with van der Waals surface area (Å²) >= 11 is 0. The van der Waals surface area contributed by atoms with Crippen molar-refractivity contribution in [3.05, 3.63) is 74.9 Å². The van der Waals surface area contributed by atoms with E-state index in [4.69, 9.17) is 0 Å². The SMILES string of the molecule is O=C(CCn1c(=O)[nH]c(=O)c2ccccc21)Nc1ccc(F)c(F)c1. The number of benzene rings is 2. The summed E-state index contributed by atoms with van der Waals surface area (Å²) in [5, 5.41) is 2.76. The van der Waals surface area contributed by atoms with Gasteiger partial charge in [-0.05, 0) is 24.3 Å². The van der Waals surface area contributed by atoms with E-state index in [1.165, 1.54) is 10.6 Å². The maximum atomic E-state index is 13.1. The van der Waals surface area contributed by atoms with E-state index in [9.17, 15) is 23.2 Å². The first-order valence-corrected chi connectivity index (χ1v) is 7.42. The van der Waals surface area contributed by atoms with Crippen molar-refractivity contribution in [3.63, 3.8) is 0 Å². The van der Waals surface area contributed by atoms with Crippen molar-refractivity contribution in [1.29, 1.82) is 0 Å². The maximum Gasteiger partial charge on any atom is 0.328 e. The molecule has 2 N–H and O–H groups in total. The third-order valence-corrected chi connectivity index (χ3v) is 3.67. The van der Waals surface area contributed by atoms with Gasteiger partial charge in [0, 0.05) is 24.7 Å². The van der Waals surface area contributed by atoms with Crippen molar-refractivity contribution in [2.45, 2.75) is 13.0 Å². The first-order chi connectivity index (χ1) is 12.0. The number of rotatable bonds is 4. The number of amides is 1. The highest BCUT2D eigenvalue weighted by molar-refractivity contribution is 5.90. The lowest BCUT2D eigenvalue weighted by atomic mass is 10.2. The number of anilines is 1. The van der Waals surface area contributed by atoms with E-state index in [1.807, 2.05) is 0 Å². The number of aryl methyl sites for hydroxylation is 1. The van der Waals surface area contributed by atoms with Gasteiger partial charge in [-0.1, -0.05) is 12.1 Å². The van der Waals surface area contributed by atoms with Gasteiger partial charge in [0.05, 0.1) is 10.9 Å². The third-order valence-electron chi connectivity index (χ3n) is 3.67. The van der Waals surface area contributed by atoms with Gasteiger partial charge in [0.1, 0.15) is 0 Å². The predicted molar refractivity (Wildman–Crippen MR) is 88.4 cm³/mol. The molecule has 0 aliphatic heterocycles. The molecule has 0 saturated heterocycles. The molecule has 0 saturated carbocycles. The Kier molecular flexibility index (Phi) is 4.42. The molecule has 6 nitrogen and oxygen atoms in total. The Morgan fingerprint density at radius 2 is 1.84 bits per heavy atom. The van der Waals surface area contributed by atoms with Gasteiger partial charge in [0.2, 0.25) is 5.91 Å². The number of aromatic amines is 1. The zero-order valence-corrected chi connectivity index (χ0v) is 12.9. The Morgan fingerprint density at radius 3 is 2.60 bits per heavy atom. The highest BCUT2D eigenvalue weighted by Crippen LogP contribution is 2.13. The number of halogens is 2. The fraction of sp³-hybridized carbons (Fsp3) is 0.118. The van der Waals surface area contributed by atoms with Crippen LogP contribution >= 0.6 is 0 Å². The average Bonchev–Trinajstić information content (AvgIpc) is 2.58. The number of fused-ring (bicyclic) bond motifs is 1. The van der Waals surface area contributed by atoms with E-state index in [2.05, 4.69) is 10.3 Å². The number of carbonyl (C=O) groups is 1. The van der Waals surface area contributed by atoms with Crippen molar-refractivity contribution in [2.75, 3.05) is 5.32 Å². The molecule has 128 valence electrons. The average molecular weight is 345 g/mol. The Morgan fingerprint density at radius 1 is 1.08 bits per heavy atom. The van der Waals surface area contributed by atoms with Gasteiger partial charge in [-0.2, -0.15) is 0 Å². The molecule has 1 heterocycles. The van der Waals surface area contributed by atoms with Crippen LogP contribution < -0.4 is 16.6 Å². The topological polar surface area (TPSA) is 84.0 Å². The molecular formula is C17H13F2N3O3. The fourth-order valence-corrected chi connectivity index (χ4v) is 2.48. The van der Waals surface area contributed by atoms with Crippen LogP contribution in [0.25, 0.3) is 10.9 Å². The fourth-order valence-electron chi connectivity index (χ4n) is 2.48. The van der Waals surface area contributed by atoms with Crippen LogP contribution in [0.15, 0.2) is 52.1 Å². The van der Waals surface area contributed by atoms with Crippen LogP contribution in [-0.2, 0) is 11.3 Å². The van der Waals surface area contributed by atoms with Crippen LogP contribution in [0.2, 0.25) is 0 Å². The molecule has 0 radical (unpaired) electrons. The summed E-state index contributed by atoms with van der Waals surface area (Å²) in [6.07, 6.45) is -0.0884. The minimum atomic E-state index is -1.07. The van der Waals surface area contributed by atoms with Gasteiger partial charge in [-0.25, -0.2) is 13.6 Å². The minimum absolute atomic E-state index is 0.0195.